The van der Waals surface area contributed by atoms with Crippen molar-refractivity contribution in [1.29, 1.82) is 0 Å². The first-order chi connectivity index (χ1) is 2.64. The molecule has 2 N–H and O–H groups in total. The minimum Gasteiger partial charge on any atom is -0.391 e. The van der Waals surface area contributed by atoms with E-state index in [2.05, 4.69) is 0 Å². The number of aliphatic hydroxyl groups excluding tert-OH is 2. The smallest absolute Gasteiger partial charge is 0.0768 e. The van der Waals surface area contributed by atoms with Crippen LogP contribution in [-0.2, 0) is 0 Å². The summed E-state index contributed by atoms with van der Waals surface area (Å²) in [5.41, 5.74) is 0. The molecule has 3 heteroatoms. The summed E-state index contributed by atoms with van der Waals surface area (Å²) in [6, 6.07) is 0. The zero-order valence-corrected chi connectivity index (χ0v) is 7.97. The summed E-state index contributed by atoms with van der Waals surface area (Å²) in [7, 11) is 0. The summed E-state index contributed by atoms with van der Waals surface area (Å²) in [6.45, 7) is 3.09. The zero-order valence-electron chi connectivity index (χ0n) is 4.50. The van der Waals surface area contributed by atoms with Crippen molar-refractivity contribution in [2.75, 3.05) is 0 Å². The third-order valence-electron chi connectivity index (χ3n) is 0.698. The second-order valence-corrected chi connectivity index (χ2v) is 1.48. The normalized spacial score (nSPS) is 17.1. The summed E-state index contributed by atoms with van der Waals surface area (Å²) >= 11 is 0. The van der Waals surface area contributed by atoms with E-state index in [9.17, 15) is 0 Å². The molecule has 43 valence electrons. The summed E-state index contributed by atoms with van der Waals surface area (Å²) in [6.07, 6.45) is -1.19. The van der Waals surface area contributed by atoms with Crippen molar-refractivity contribution in [2.45, 2.75) is 26.1 Å². The first-order valence-corrected chi connectivity index (χ1v) is 2.00. The van der Waals surface area contributed by atoms with E-state index in [1.54, 1.807) is 13.8 Å². The molecule has 0 aromatic heterocycles. The fraction of sp³-hybridized carbons (Fsp3) is 1.00. The molecule has 3 radical (unpaired) electrons. The molecule has 2 nitrogen and oxygen atoms in total. The van der Waals surface area contributed by atoms with E-state index in [0.717, 1.165) is 0 Å². The van der Waals surface area contributed by atoms with Crippen molar-refractivity contribution < 1.29 is 10.2 Å². The van der Waals surface area contributed by atoms with E-state index in [1.807, 2.05) is 0 Å². The van der Waals surface area contributed by atoms with Crippen molar-refractivity contribution in [3.8, 4) is 0 Å². The van der Waals surface area contributed by atoms with Crippen LogP contribution in [0.5, 0.6) is 0 Å². The fourth-order valence-corrected chi connectivity index (χ4v) is 0. The minimum atomic E-state index is -0.593. The molecule has 0 fully saturated rings. The Hall–Kier alpha value is 0.803. The maximum atomic E-state index is 8.38. The molecule has 0 aromatic carbocycles. The van der Waals surface area contributed by atoms with Gasteiger partial charge in [-0.15, -0.1) is 0 Å². The maximum absolute atomic E-state index is 8.38. The summed E-state index contributed by atoms with van der Waals surface area (Å²) in [5, 5.41) is 16.8. The average molecular weight is 299 g/mol. The van der Waals surface area contributed by atoms with E-state index in [1.165, 1.54) is 0 Å². The Bertz CT molecular complexity index is 30.7. The molecular formula is C4H10BiO2. The Morgan fingerprint density at radius 3 is 1.14 bits per heavy atom. The van der Waals surface area contributed by atoms with Crippen LogP contribution in [0.25, 0.3) is 0 Å². The second-order valence-electron chi connectivity index (χ2n) is 1.48. The predicted molar refractivity (Wildman–Crippen MR) is 29.1 cm³/mol. The van der Waals surface area contributed by atoms with E-state index >= 15 is 0 Å². The molecule has 2 atom stereocenters. The average Bonchev–Trinajstić information content (AvgIpc) is 1.36. The standard InChI is InChI=1S/C4H10O2.Bi/c1-3(5)4(2)6;/h3-6H,1-2H3;. The molecule has 0 saturated heterocycles. The van der Waals surface area contributed by atoms with Crippen LogP contribution in [0.15, 0.2) is 0 Å². The Morgan fingerprint density at radius 2 is 1.14 bits per heavy atom. The second kappa shape index (κ2) is 4.95. The van der Waals surface area contributed by atoms with Gasteiger partial charge in [0.1, 0.15) is 0 Å². The number of aliphatic hydroxyl groups is 2. The third kappa shape index (κ3) is 6.80. The van der Waals surface area contributed by atoms with Crippen LogP contribution in [0.4, 0.5) is 0 Å². The molecular weight excluding hydrogens is 289 g/mol. The zero-order chi connectivity index (χ0) is 5.15. The summed E-state index contributed by atoms with van der Waals surface area (Å²) in [4.78, 5) is 0. The monoisotopic (exact) mass is 299 g/mol. The van der Waals surface area contributed by atoms with Gasteiger partial charge in [0.2, 0.25) is 0 Å². The molecule has 0 aliphatic rings. The van der Waals surface area contributed by atoms with Gasteiger partial charge in [-0.3, -0.25) is 0 Å². The summed E-state index contributed by atoms with van der Waals surface area (Å²) in [5.74, 6) is 0. The first kappa shape index (κ1) is 10.7. The Morgan fingerprint density at radius 1 is 1.00 bits per heavy atom. The molecule has 0 aliphatic carbocycles. The SMILES string of the molecule is CC(O)C(C)O.[Bi]. The van der Waals surface area contributed by atoms with Gasteiger partial charge in [0, 0.05) is 26.2 Å². The largest absolute Gasteiger partial charge is 0.391 e. The van der Waals surface area contributed by atoms with Gasteiger partial charge in [-0.2, -0.15) is 0 Å². The van der Waals surface area contributed by atoms with Crippen molar-refractivity contribution >= 4 is 26.2 Å². The molecule has 0 saturated carbocycles. The van der Waals surface area contributed by atoms with Gasteiger partial charge >= 0.3 is 0 Å². The molecule has 2 unspecified atom stereocenters. The van der Waals surface area contributed by atoms with Crippen LogP contribution in [0.1, 0.15) is 13.8 Å². The van der Waals surface area contributed by atoms with E-state index < -0.39 is 12.2 Å². The summed E-state index contributed by atoms with van der Waals surface area (Å²) < 4.78 is 0. The Labute approximate surface area is 62.7 Å². The molecule has 0 amide bonds. The van der Waals surface area contributed by atoms with Crippen molar-refractivity contribution in [1.82, 2.24) is 0 Å². The van der Waals surface area contributed by atoms with Gasteiger partial charge in [0.05, 0.1) is 12.2 Å². The number of hydrogen-bond donors (Lipinski definition) is 2. The van der Waals surface area contributed by atoms with Gasteiger partial charge in [-0.25, -0.2) is 0 Å². The number of hydrogen-bond acceptors (Lipinski definition) is 2. The van der Waals surface area contributed by atoms with Crippen molar-refractivity contribution in [3.63, 3.8) is 0 Å². The Kier molecular flexibility index (Phi) is 7.58. The minimum absolute atomic E-state index is 0. The molecule has 0 spiro atoms. The van der Waals surface area contributed by atoms with Crippen LogP contribution in [-0.4, -0.2) is 48.6 Å². The first-order valence-electron chi connectivity index (χ1n) is 2.00. The van der Waals surface area contributed by atoms with Crippen LogP contribution in [0, 0.1) is 0 Å². The van der Waals surface area contributed by atoms with Crippen LogP contribution >= 0.6 is 0 Å². The van der Waals surface area contributed by atoms with E-state index in [-0.39, 0.29) is 26.2 Å². The molecule has 0 aliphatic heterocycles. The molecule has 7 heavy (non-hydrogen) atoms. The predicted octanol–water partition coefficient (Wildman–Crippen LogP) is -0.633. The van der Waals surface area contributed by atoms with Gasteiger partial charge in [-0.1, -0.05) is 0 Å². The Balaban J connectivity index is 0. The fourth-order valence-electron chi connectivity index (χ4n) is 0. The third-order valence-corrected chi connectivity index (χ3v) is 0.698. The topological polar surface area (TPSA) is 40.5 Å². The molecule has 0 bridgehead atoms. The van der Waals surface area contributed by atoms with Crippen LogP contribution < -0.4 is 0 Å². The van der Waals surface area contributed by atoms with Crippen LogP contribution in [0.3, 0.4) is 0 Å². The van der Waals surface area contributed by atoms with Gasteiger partial charge in [0.15, 0.2) is 0 Å². The quantitative estimate of drug-likeness (QED) is 0.633. The van der Waals surface area contributed by atoms with E-state index in [4.69, 9.17) is 10.2 Å². The van der Waals surface area contributed by atoms with E-state index in [0.29, 0.717) is 0 Å². The van der Waals surface area contributed by atoms with Gasteiger partial charge < -0.3 is 10.2 Å². The van der Waals surface area contributed by atoms with Crippen LogP contribution in [0.2, 0.25) is 0 Å². The molecule has 0 rings (SSSR count). The van der Waals surface area contributed by atoms with Crippen molar-refractivity contribution in [3.05, 3.63) is 0 Å². The van der Waals surface area contributed by atoms with Gasteiger partial charge in [-0.05, 0) is 13.8 Å². The molecule has 0 heterocycles. The number of rotatable bonds is 1. The van der Waals surface area contributed by atoms with Crippen molar-refractivity contribution in [2.24, 2.45) is 0 Å². The van der Waals surface area contributed by atoms with Gasteiger partial charge in [0.25, 0.3) is 0 Å². The maximum Gasteiger partial charge on any atom is 0.0768 e. The molecule has 0 aromatic rings.